The highest BCUT2D eigenvalue weighted by Gasteiger charge is 2.28. The average Bonchev–Trinajstić information content (AvgIpc) is 2.52. The zero-order valence-corrected chi connectivity index (χ0v) is 13.4. The monoisotopic (exact) mass is 316 g/mol. The van der Waals surface area contributed by atoms with E-state index in [-0.39, 0.29) is 18.7 Å². The van der Waals surface area contributed by atoms with E-state index in [1.54, 1.807) is 6.92 Å². The zero-order valence-electron chi connectivity index (χ0n) is 12.5. The van der Waals surface area contributed by atoms with Crippen LogP contribution in [0.5, 0.6) is 0 Å². The normalized spacial score (nSPS) is 13.1. The number of carbonyl (C=O) groups is 1. The fourth-order valence-corrected chi connectivity index (χ4v) is 2.55. The molecule has 0 aliphatic rings. The molecule has 1 atom stereocenters. The quantitative estimate of drug-likeness (QED) is 0.375. The summed E-state index contributed by atoms with van der Waals surface area (Å²) in [6, 6.07) is 9.62. The van der Waals surface area contributed by atoms with E-state index in [2.05, 4.69) is 0 Å². The van der Waals surface area contributed by atoms with Crippen LogP contribution in [0.1, 0.15) is 12.5 Å². The summed E-state index contributed by atoms with van der Waals surface area (Å²) in [6.07, 6.45) is -1.06. The van der Waals surface area contributed by atoms with E-state index < -0.39 is 13.7 Å². The van der Waals surface area contributed by atoms with Crippen LogP contribution >= 0.6 is 7.60 Å². The van der Waals surface area contributed by atoms with E-state index in [1.165, 1.54) is 14.2 Å². The van der Waals surface area contributed by atoms with Crippen molar-refractivity contribution < 1.29 is 27.9 Å². The van der Waals surface area contributed by atoms with Crippen molar-refractivity contribution in [3.05, 3.63) is 35.9 Å². The van der Waals surface area contributed by atoms with Gasteiger partial charge in [-0.2, -0.15) is 0 Å². The van der Waals surface area contributed by atoms with Crippen LogP contribution in [0.15, 0.2) is 30.3 Å². The molecule has 7 heteroatoms. The maximum Gasteiger partial charge on any atom is 0.337 e. The van der Waals surface area contributed by atoms with Gasteiger partial charge < -0.3 is 18.5 Å². The third-order valence-electron chi connectivity index (χ3n) is 2.87. The molecule has 0 radical (unpaired) electrons. The SMILES string of the molecule is COP(=O)(CC(=O)[C@H](C)OCOCc1ccccc1)OC. The summed E-state index contributed by atoms with van der Waals surface area (Å²) in [6.45, 7) is 1.95. The number of hydrogen-bond donors (Lipinski definition) is 0. The van der Waals surface area contributed by atoms with Crippen LogP contribution in [0, 0.1) is 0 Å². The van der Waals surface area contributed by atoms with E-state index in [0.29, 0.717) is 6.61 Å². The first-order valence-electron chi connectivity index (χ1n) is 6.47. The fraction of sp³-hybridized carbons (Fsp3) is 0.500. The smallest absolute Gasteiger partial charge is 0.337 e. The molecule has 0 amide bonds. The van der Waals surface area contributed by atoms with Crippen LogP contribution in [-0.2, 0) is 34.5 Å². The number of ketones is 1. The third-order valence-corrected chi connectivity index (χ3v) is 4.68. The predicted octanol–water partition coefficient (Wildman–Crippen LogP) is 2.62. The average molecular weight is 316 g/mol. The van der Waals surface area contributed by atoms with Crippen LogP contribution in [0.4, 0.5) is 0 Å². The highest BCUT2D eigenvalue weighted by atomic mass is 31.2. The van der Waals surface area contributed by atoms with Crippen LogP contribution in [0.3, 0.4) is 0 Å². The summed E-state index contributed by atoms with van der Waals surface area (Å²) in [5.41, 5.74) is 1.02. The Hall–Kier alpha value is -1.04. The lowest BCUT2D eigenvalue weighted by atomic mass is 10.2. The Balaban J connectivity index is 2.28. The van der Waals surface area contributed by atoms with Crippen molar-refractivity contribution in [1.29, 1.82) is 0 Å². The molecule has 1 aromatic carbocycles. The number of ether oxygens (including phenoxy) is 2. The van der Waals surface area contributed by atoms with Crippen LogP contribution < -0.4 is 0 Å². The van der Waals surface area contributed by atoms with Crippen LogP contribution in [-0.4, -0.2) is 39.1 Å². The summed E-state index contributed by atoms with van der Waals surface area (Å²) >= 11 is 0. The molecule has 21 heavy (non-hydrogen) atoms. The van der Waals surface area contributed by atoms with Gasteiger partial charge in [-0.1, -0.05) is 30.3 Å². The molecule has 0 heterocycles. The van der Waals surface area contributed by atoms with E-state index in [9.17, 15) is 9.36 Å². The Morgan fingerprint density at radius 1 is 1.19 bits per heavy atom. The van der Waals surface area contributed by atoms with E-state index >= 15 is 0 Å². The topological polar surface area (TPSA) is 71.1 Å². The second kappa shape index (κ2) is 9.07. The van der Waals surface area contributed by atoms with Gasteiger partial charge in [-0.15, -0.1) is 0 Å². The van der Waals surface area contributed by atoms with Crippen molar-refractivity contribution in [2.75, 3.05) is 27.2 Å². The summed E-state index contributed by atoms with van der Waals surface area (Å²) in [5.74, 6) is -0.356. The number of benzene rings is 1. The molecule has 0 bridgehead atoms. The minimum absolute atomic E-state index is 0.0218. The Bertz CT molecular complexity index is 468. The lowest BCUT2D eigenvalue weighted by Gasteiger charge is -2.16. The summed E-state index contributed by atoms with van der Waals surface area (Å²) < 4.78 is 31.8. The van der Waals surface area contributed by atoms with Gasteiger partial charge in [-0.3, -0.25) is 9.36 Å². The van der Waals surface area contributed by atoms with Crippen molar-refractivity contribution in [2.45, 2.75) is 19.6 Å². The molecular weight excluding hydrogens is 295 g/mol. The van der Waals surface area contributed by atoms with Gasteiger partial charge in [0.25, 0.3) is 0 Å². The second-order valence-corrected chi connectivity index (χ2v) is 6.63. The number of carbonyl (C=O) groups excluding carboxylic acids is 1. The van der Waals surface area contributed by atoms with Crippen LogP contribution in [0.25, 0.3) is 0 Å². The molecule has 0 unspecified atom stereocenters. The van der Waals surface area contributed by atoms with Crippen molar-refractivity contribution in [3.63, 3.8) is 0 Å². The van der Waals surface area contributed by atoms with Gasteiger partial charge in [-0.05, 0) is 12.5 Å². The lowest BCUT2D eigenvalue weighted by molar-refractivity contribution is -0.139. The van der Waals surface area contributed by atoms with E-state index in [0.717, 1.165) is 5.56 Å². The fourth-order valence-electron chi connectivity index (χ4n) is 1.50. The Labute approximate surface area is 124 Å². The number of Topliss-reactive ketones (excluding diaryl/α,β-unsaturated/α-hetero) is 1. The maximum atomic E-state index is 11.8. The van der Waals surface area contributed by atoms with Crippen molar-refractivity contribution in [1.82, 2.24) is 0 Å². The predicted molar refractivity (Wildman–Crippen MR) is 78.1 cm³/mol. The van der Waals surface area contributed by atoms with Gasteiger partial charge in [0.1, 0.15) is 19.1 Å². The molecule has 1 aromatic rings. The van der Waals surface area contributed by atoms with Gasteiger partial charge in [0.15, 0.2) is 5.78 Å². The molecule has 0 fully saturated rings. The molecule has 0 saturated carbocycles. The molecule has 0 aromatic heterocycles. The van der Waals surface area contributed by atoms with Gasteiger partial charge in [-0.25, -0.2) is 0 Å². The molecule has 118 valence electrons. The van der Waals surface area contributed by atoms with Crippen molar-refractivity contribution in [3.8, 4) is 0 Å². The lowest BCUT2D eigenvalue weighted by Crippen LogP contribution is -2.25. The Kier molecular flexibility index (Phi) is 7.78. The first kappa shape index (κ1) is 18.0. The van der Waals surface area contributed by atoms with Gasteiger partial charge in [0.2, 0.25) is 0 Å². The molecule has 0 saturated heterocycles. The molecule has 0 spiro atoms. The molecule has 0 aliphatic carbocycles. The molecule has 0 aliphatic heterocycles. The first-order chi connectivity index (χ1) is 10.0. The second-order valence-electron chi connectivity index (χ2n) is 4.36. The number of rotatable bonds is 10. The molecule has 6 nitrogen and oxygen atoms in total. The van der Waals surface area contributed by atoms with E-state index in [4.69, 9.17) is 18.5 Å². The Morgan fingerprint density at radius 2 is 1.81 bits per heavy atom. The standard InChI is InChI=1S/C14H21O6P/c1-12(14(15)10-21(16,17-2)18-3)20-11-19-9-13-7-5-4-6-8-13/h4-8,12H,9-11H2,1-3H3/t12-/m0/s1. The van der Waals surface area contributed by atoms with Gasteiger partial charge in [0.05, 0.1) is 6.61 Å². The zero-order chi connectivity index (χ0) is 15.7. The minimum atomic E-state index is -3.35. The largest absolute Gasteiger partial charge is 0.351 e. The highest BCUT2D eigenvalue weighted by molar-refractivity contribution is 7.54. The first-order valence-corrected chi connectivity index (χ1v) is 8.20. The third kappa shape index (κ3) is 6.50. The minimum Gasteiger partial charge on any atom is -0.351 e. The van der Waals surface area contributed by atoms with Crippen molar-refractivity contribution in [2.24, 2.45) is 0 Å². The van der Waals surface area contributed by atoms with Gasteiger partial charge in [0, 0.05) is 14.2 Å². The van der Waals surface area contributed by atoms with Crippen LogP contribution in [0.2, 0.25) is 0 Å². The summed E-state index contributed by atoms with van der Waals surface area (Å²) in [5, 5.41) is 0. The van der Waals surface area contributed by atoms with Gasteiger partial charge >= 0.3 is 7.60 Å². The maximum absolute atomic E-state index is 11.8. The van der Waals surface area contributed by atoms with E-state index in [1.807, 2.05) is 30.3 Å². The molecular formula is C14H21O6P. The molecule has 0 N–H and O–H groups in total. The summed E-state index contributed by atoms with van der Waals surface area (Å²) in [4.78, 5) is 11.8. The molecule has 1 rings (SSSR count). The van der Waals surface area contributed by atoms with Crippen molar-refractivity contribution >= 4 is 13.4 Å². The number of hydrogen-bond acceptors (Lipinski definition) is 6. The summed E-state index contributed by atoms with van der Waals surface area (Å²) in [7, 11) is -0.864. The highest BCUT2D eigenvalue weighted by Crippen LogP contribution is 2.46. The Morgan fingerprint density at radius 3 is 2.38 bits per heavy atom.